The van der Waals surface area contributed by atoms with Crippen LogP contribution in [0.3, 0.4) is 0 Å². The number of alkyl halides is 1. The first-order chi connectivity index (χ1) is 11.1. The third kappa shape index (κ3) is 3.40. The van der Waals surface area contributed by atoms with E-state index in [2.05, 4.69) is 10.9 Å². The standard InChI is InChI=1S/C16H21ClN4O2/c17-12-13(19-20-15(12)18)16(23)21-8-4-7-11(9-21)14(22)10-5-2-1-3-6-10/h1-3,5-6,11-13,15,19-20H,4,7-9,18H2. The van der Waals surface area contributed by atoms with E-state index in [9.17, 15) is 9.59 Å². The largest absolute Gasteiger partial charge is 0.341 e. The quantitative estimate of drug-likeness (QED) is 0.552. The maximum Gasteiger partial charge on any atom is 0.242 e. The molecule has 3 rings (SSSR count). The minimum Gasteiger partial charge on any atom is -0.341 e. The molecule has 1 amide bonds. The highest BCUT2D eigenvalue weighted by molar-refractivity contribution is 6.23. The van der Waals surface area contributed by atoms with Crippen molar-refractivity contribution in [3.63, 3.8) is 0 Å². The summed E-state index contributed by atoms with van der Waals surface area (Å²) in [6.07, 6.45) is 1.16. The SMILES string of the molecule is NC1NNC(C(=O)N2CCCC(C(=O)c3ccccc3)C2)C1Cl. The average molecular weight is 337 g/mol. The summed E-state index contributed by atoms with van der Waals surface area (Å²) in [4.78, 5) is 27.0. The molecule has 0 radical (unpaired) electrons. The van der Waals surface area contributed by atoms with Crippen molar-refractivity contribution in [3.8, 4) is 0 Å². The van der Waals surface area contributed by atoms with Gasteiger partial charge in [-0.05, 0) is 12.8 Å². The van der Waals surface area contributed by atoms with Gasteiger partial charge >= 0.3 is 0 Å². The van der Waals surface area contributed by atoms with E-state index < -0.39 is 17.6 Å². The number of Topliss-reactive ketones (excluding diaryl/α,β-unsaturated/α-hetero) is 1. The molecule has 1 aromatic rings. The molecule has 6 nitrogen and oxygen atoms in total. The summed E-state index contributed by atoms with van der Waals surface area (Å²) < 4.78 is 0. The highest BCUT2D eigenvalue weighted by Gasteiger charge is 2.40. The fourth-order valence-electron chi connectivity index (χ4n) is 3.18. The van der Waals surface area contributed by atoms with E-state index in [1.165, 1.54) is 0 Å². The summed E-state index contributed by atoms with van der Waals surface area (Å²) in [6.45, 7) is 1.08. The van der Waals surface area contributed by atoms with Gasteiger partial charge in [-0.25, -0.2) is 10.9 Å². The molecule has 4 atom stereocenters. The third-order valence-corrected chi connectivity index (χ3v) is 5.02. The number of amides is 1. The van der Waals surface area contributed by atoms with Crippen LogP contribution in [0.25, 0.3) is 0 Å². The molecule has 2 saturated heterocycles. The molecule has 0 aliphatic carbocycles. The number of benzene rings is 1. The summed E-state index contributed by atoms with van der Waals surface area (Å²) in [6, 6.07) is 8.67. The van der Waals surface area contributed by atoms with Gasteiger partial charge in [-0.15, -0.1) is 11.6 Å². The number of piperidine rings is 1. The number of nitrogens with one attached hydrogen (secondary N) is 2. The molecule has 0 bridgehead atoms. The summed E-state index contributed by atoms with van der Waals surface area (Å²) >= 11 is 6.17. The number of likely N-dealkylation sites (tertiary alicyclic amines) is 1. The van der Waals surface area contributed by atoms with Crippen LogP contribution in [0.1, 0.15) is 23.2 Å². The van der Waals surface area contributed by atoms with Gasteiger partial charge in [0.1, 0.15) is 6.04 Å². The molecule has 124 valence electrons. The van der Waals surface area contributed by atoms with E-state index in [1.807, 2.05) is 30.3 Å². The Labute approximate surface area is 140 Å². The average Bonchev–Trinajstić information content (AvgIpc) is 2.93. The number of carbonyl (C=O) groups excluding carboxylic acids is 2. The Kier molecular flexibility index (Phi) is 4.96. The Hall–Kier alpha value is -1.47. The topological polar surface area (TPSA) is 87.5 Å². The predicted molar refractivity (Wildman–Crippen MR) is 87.8 cm³/mol. The van der Waals surface area contributed by atoms with Crippen molar-refractivity contribution in [3.05, 3.63) is 35.9 Å². The van der Waals surface area contributed by atoms with Crippen LogP contribution < -0.4 is 16.6 Å². The van der Waals surface area contributed by atoms with Gasteiger partial charge in [-0.2, -0.15) is 0 Å². The maximum absolute atomic E-state index is 12.6. The lowest BCUT2D eigenvalue weighted by atomic mass is 9.89. The maximum atomic E-state index is 12.6. The van der Waals surface area contributed by atoms with Crippen LogP contribution in [-0.4, -0.2) is 47.3 Å². The molecule has 0 saturated carbocycles. The number of hydrogen-bond donors (Lipinski definition) is 3. The van der Waals surface area contributed by atoms with Gasteiger partial charge in [0.15, 0.2) is 5.78 Å². The fraction of sp³-hybridized carbons (Fsp3) is 0.500. The van der Waals surface area contributed by atoms with Crippen molar-refractivity contribution in [1.29, 1.82) is 0 Å². The first-order valence-corrected chi connectivity index (χ1v) is 8.30. The zero-order chi connectivity index (χ0) is 16.4. The monoisotopic (exact) mass is 336 g/mol. The van der Waals surface area contributed by atoms with Crippen LogP contribution in [0.2, 0.25) is 0 Å². The van der Waals surface area contributed by atoms with Crippen LogP contribution in [0.15, 0.2) is 30.3 Å². The second-order valence-corrected chi connectivity index (χ2v) is 6.59. The van der Waals surface area contributed by atoms with Crippen molar-refractivity contribution in [2.45, 2.75) is 30.4 Å². The second-order valence-electron chi connectivity index (χ2n) is 6.09. The Morgan fingerprint density at radius 2 is 1.96 bits per heavy atom. The second kappa shape index (κ2) is 6.97. The van der Waals surface area contributed by atoms with E-state index in [4.69, 9.17) is 17.3 Å². The van der Waals surface area contributed by atoms with E-state index >= 15 is 0 Å². The molecular formula is C16H21ClN4O2. The molecular weight excluding hydrogens is 316 g/mol. The number of nitrogens with zero attached hydrogens (tertiary/aromatic N) is 1. The first kappa shape index (κ1) is 16.4. The molecule has 23 heavy (non-hydrogen) atoms. The molecule has 0 aromatic heterocycles. The third-order valence-electron chi connectivity index (χ3n) is 4.50. The highest BCUT2D eigenvalue weighted by atomic mass is 35.5. The number of ketones is 1. The molecule has 0 spiro atoms. The van der Waals surface area contributed by atoms with Gasteiger partial charge in [0, 0.05) is 24.6 Å². The van der Waals surface area contributed by atoms with Gasteiger partial charge < -0.3 is 10.6 Å². The number of hydrazine groups is 1. The van der Waals surface area contributed by atoms with Crippen LogP contribution in [0.5, 0.6) is 0 Å². The van der Waals surface area contributed by atoms with Gasteiger partial charge in [0.05, 0.1) is 11.5 Å². The lowest BCUT2D eigenvalue weighted by Gasteiger charge is -2.34. The van der Waals surface area contributed by atoms with Crippen LogP contribution in [0.4, 0.5) is 0 Å². The molecule has 7 heteroatoms. The molecule has 2 aliphatic rings. The zero-order valence-corrected chi connectivity index (χ0v) is 13.5. The predicted octanol–water partition coefficient (Wildman–Crippen LogP) is 0.477. The lowest BCUT2D eigenvalue weighted by molar-refractivity contribution is -0.134. The summed E-state index contributed by atoms with van der Waals surface area (Å²) in [5.41, 5.74) is 12.1. The Balaban J connectivity index is 1.66. The fourth-order valence-corrected chi connectivity index (χ4v) is 3.41. The summed E-state index contributed by atoms with van der Waals surface area (Å²) in [7, 11) is 0. The molecule has 1 aromatic carbocycles. The van der Waals surface area contributed by atoms with Crippen molar-refractivity contribution >= 4 is 23.3 Å². The summed E-state index contributed by atoms with van der Waals surface area (Å²) in [5.74, 6) is -0.164. The normalized spacial score (nSPS) is 31.1. The van der Waals surface area contributed by atoms with Crippen LogP contribution >= 0.6 is 11.6 Å². The molecule has 2 aliphatic heterocycles. The van der Waals surface area contributed by atoms with Crippen LogP contribution in [-0.2, 0) is 4.79 Å². The first-order valence-electron chi connectivity index (χ1n) is 7.86. The number of carbonyl (C=O) groups is 2. The lowest BCUT2D eigenvalue weighted by Crippen LogP contribution is -2.52. The van der Waals surface area contributed by atoms with Gasteiger partial charge in [-0.1, -0.05) is 30.3 Å². The number of halogens is 1. The van der Waals surface area contributed by atoms with E-state index in [0.29, 0.717) is 18.7 Å². The van der Waals surface area contributed by atoms with Crippen molar-refractivity contribution < 1.29 is 9.59 Å². The van der Waals surface area contributed by atoms with E-state index in [0.717, 1.165) is 12.8 Å². The number of rotatable bonds is 3. The zero-order valence-electron chi connectivity index (χ0n) is 12.7. The van der Waals surface area contributed by atoms with Crippen molar-refractivity contribution in [2.24, 2.45) is 11.7 Å². The number of nitrogens with two attached hydrogens (primary N) is 1. The number of hydrogen-bond acceptors (Lipinski definition) is 5. The summed E-state index contributed by atoms with van der Waals surface area (Å²) in [5, 5.41) is -0.507. The van der Waals surface area contributed by atoms with Crippen molar-refractivity contribution in [1.82, 2.24) is 15.8 Å². The molecule has 4 N–H and O–H groups in total. The molecule has 2 heterocycles. The van der Waals surface area contributed by atoms with Gasteiger partial charge in [0.25, 0.3) is 0 Å². The highest BCUT2D eigenvalue weighted by Crippen LogP contribution is 2.23. The minimum absolute atomic E-state index is 0.0970. The van der Waals surface area contributed by atoms with E-state index in [1.54, 1.807) is 4.90 Å². The molecule has 4 unspecified atom stereocenters. The Morgan fingerprint density at radius 1 is 1.22 bits per heavy atom. The Bertz CT molecular complexity index is 583. The smallest absolute Gasteiger partial charge is 0.242 e. The molecule has 2 fully saturated rings. The van der Waals surface area contributed by atoms with Gasteiger partial charge in [0.2, 0.25) is 5.91 Å². The minimum atomic E-state index is -0.558. The van der Waals surface area contributed by atoms with Gasteiger partial charge in [-0.3, -0.25) is 9.59 Å². The van der Waals surface area contributed by atoms with E-state index in [-0.39, 0.29) is 17.6 Å². The van der Waals surface area contributed by atoms with Crippen LogP contribution in [0, 0.1) is 5.92 Å². The van der Waals surface area contributed by atoms with Crippen molar-refractivity contribution in [2.75, 3.05) is 13.1 Å². The Morgan fingerprint density at radius 3 is 2.61 bits per heavy atom.